The van der Waals surface area contributed by atoms with Crippen LogP contribution in [-0.4, -0.2) is 28.9 Å². The van der Waals surface area contributed by atoms with E-state index in [1.165, 1.54) is 11.2 Å². The molecule has 0 radical (unpaired) electrons. The number of furan rings is 1. The number of benzene rings is 1. The van der Waals surface area contributed by atoms with E-state index in [9.17, 15) is 14.7 Å². The SMILES string of the molecule is CN1C(=O)c2ccccc2C(C(=O)O)C1c1ccco1. The number of aliphatic carboxylic acids is 1. The zero-order chi connectivity index (χ0) is 14.3. The number of hydrogen-bond donors (Lipinski definition) is 1. The van der Waals surface area contributed by atoms with Gasteiger partial charge < -0.3 is 14.4 Å². The summed E-state index contributed by atoms with van der Waals surface area (Å²) in [5, 5.41) is 9.58. The van der Waals surface area contributed by atoms with E-state index in [-0.39, 0.29) is 5.91 Å². The predicted octanol–water partition coefficient (Wildman–Crippen LogP) is 2.27. The Hall–Kier alpha value is -2.56. The smallest absolute Gasteiger partial charge is 0.313 e. The average Bonchev–Trinajstić information content (AvgIpc) is 2.96. The zero-order valence-electron chi connectivity index (χ0n) is 10.8. The molecule has 0 saturated heterocycles. The Morgan fingerprint density at radius 1 is 1.25 bits per heavy atom. The van der Waals surface area contributed by atoms with Crippen molar-refractivity contribution in [1.82, 2.24) is 4.90 Å². The Labute approximate surface area is 115 Å². The molecule has 2 aromatic rings. The summed E-state index contributed by atoms with van der Waals surface area (Å²) in [4.78, 5) is 25.5. The molecule has 1 aromatic heterocycles. The summed E-state index contributed by atoms with van der Waals surface area (Å²) < 4.78 is 5.33. The number of amides is 1. The lowest BCUT2D eigenvalue weighted by Crippen LogP contribution is -2.42. The molecule has 3 rings (SSSR count). The van der Waals surface area contributed by atoms with Crippen LogP contribution in [0.2, 0.25) is 0 Å². The third kappa shape index (κ3) is 1.71. The van der Waals surface area contributed by atoms with Gasteiger partial charge in [-0.15, -0.1) is 0 Å². The molecule has 2 atom stereocenters. The van der Waals surface area contributed by atoms with Crippen LogP contribution in [0.1, 0.15) is 33.6 Å². The Kier molecular flexibility index (Phi) is 2.82. The molecule has 1 amide bonds. The van der Waals surface area contributed by atoms with Crippen molar-refractivity contribution in [3.8, 4) is 0 Å². The van der Waals surface area contributed by atoms with Gasteiger partial charge in [0.25, 0.3) is 5.91 Å². The molecule has 0 spiro atoms. The number of carboxylic acid groups (broad SMARTS) is 1. The van der Waals surface area contributed by atoms with Crippen LogP contribution in [0.5, 0.6) is 0 Å². The Morgan fingerprint density at radius 2 is 2.00 bits per heavy atom. The molecule has 0 aliphatic carbocycles. The molecule has 0 saturated carbocycles. The number of nitrogens with zero attached hydrogens (tertiary/aromatic N) is 1. The van der Waals surface area contributed by atoms with Gasteiger partial charge in [0.1, 0.15) is 17.7 Å². The van der Waals surface area contributed by atoms with E-state index in [0.717, 1.165) is 0 Å². The lowest BCUT2D eigenvalue weighted by molar-refractivity contribution is -0.140. The van der Waals surface area contributed by atoms with Crippen LogP contribution in [0.4, 0.5) is 0 Å². The molecule has 1 N–H and O–H groups in total. The predicted molar refractivity (Wildman–Crippen MR) is 70.4 cm³/mol. The fourth-order valence-electron chi connectivity index (χ4n) is 2.76. The van der Waals surface area contributed by atoms with Crippen LogP contribution in [0.25, 0.3) is 0 Å². The second-order valence-electron chi connectivity index (χ2n) is 4.78. The van der Waals surface area contributed by atoms with Crippen molar-refractivity contribution in [2.75, 3.05) is 7.05 Å². The molecule has 0 fully saturated rings. The van der Waals surface area contributed by atoms with Crippen LogP contribution in [0, 0.1) is 0 Å². The largest absolute Gasteiger partial charge is 0.481 e. The molecule has 5 nitrogen and oxygen atoms in total. The van der Waals surface area contributed by atoms with Crippen LogP contribution in [0.15, 0.2) is 47.1 Å². The van der Waals surface area contributed by atoms with Gasteiger partial charge in [0.05, 0.1) is 6.26 Å². The van der Waals surface area contributed by atoms with Gasteiger partial charge in [-0.05, 0) is 23.8 Å². The topological polar surface area (TPSA) is 70.8 Å². The number of carbonyl (C=O) groups is 2. The summed E-state index contributed by atoms with van der Waals surface area (Å²) in [6.45, 7) is 0. The standard InChI is InChI=1S/C15H13NO4/c1-16-13(11-7-4-8-20-11)12(15(18)19)9-5-2-3-6-10(9)14(16)17/h2-8,12-13H,1H3,(H,18,19). The highest BCUT2D eigenvalue weighted by molar-refractivity contribution is 6.00. The highest BCUT2D eigenvalue weighted by Gasteiger charge is 2.43. The quantitative estimate of drug-likeness (QED) is 0.909. The van der Waals surface area contributed by atoms with E-state index in [1.807, 2.05) is 0 Å². The average molecular weight is 271 g/mol. The van der Waals surface area contributed by atoms with Crippen molar-refractivity contribution in [1.29, 1.82) is 0 Å². The van der Waals surface area contributed by atoms with Crippen molar-refractivity contribution in [3.05, 3.63) is 59.5 Å². The molecular weight excluding hydrogens is 258 g/mol. The van der Waals surface area contributed by atoms with Crippen LogP contribution < -0.4 is 0 Å². The van der Waals surface area contributed by atoms with Crippen molar-refractivity contribution in [3.63, 3.8) is 0 Å². The molecule has 0 bridgehead atoms. The van der Waals surface area contributed by atoms with Gasteiger partial charge in [-0.2, -0.15) is 0 Å². The first-order valence-electron chi connectivity index (χ1n) is 6.23. The van der Waals surface area contributed by atoms with Gasteiger partial charge in [-0.1, -0.05) is 18.2 Å². The van der Waals surface area contributed by atoms with E-state index in [2.05, 4.69) is 0 Å². The normalized spacial score (nSPS) is 21.6. The number of rotatable bonds is 2. The lowest BCUT2D eigenvalue weighted by atomic mass is 9.82. The highest BCUT2D eigenvalue weighted by atomic mass is 16.4. The van der Waals surface area contributed by atoms with Crippen LogP contribution in [0.3, 0.4) is 0 Å². The summed E-state index contributed by atoms with van der Waals surface area (Å²) >= 11 is 0. The summed E-state index contributed by atoms with van der Waals surface area (Å²) in [7, 11) is 1.60. The van der Waals surface area contributed by atoms with Crippen molar-refractivity contribution in [2.24, 2.45) is 0 Å². The molecule has 5 heteroatoms. The van der Waals surface area contributed by atoms with Crippen LogP contribution >= 0.6 is 0 Å². The van der Waals surface area contributed by atoms with Gasteiger partial charge in [-0.3, -0.25) is 9.59 Å². The minimum atomic E-state index is -0.974. The lowest BCUT2D eigenvalue weighted by Gasteiger charge is -2.36. The fraction of sp³-hybridized carbons (Fsp3) is 0.200. The summed E-state index contributed by atoms with van der Waals surface area (Å²) in [5.74, 6) is -1.53. The van der Waals surface area contributed by atoms with Gasteiger partial charge in [0.15, 0.2) is 0 Å². The monoisotopic (exact) mass is 271 g/mol. The van der Waals surface area contributed by atoms with Crippen molar-refractivity contribution < 1.29 is 19.1 Å². The van der Waals surface area contributed by atoms with Gasteiger partial charge in [0.2, 0.25) is 0 Å². The van der Waals surface area contributed by atoms with Gasteiger partial charge in [-0.25, -0.2) is 0 Å². The Morgan fingerprint density at radius 3 is 2.65 bits per heavy atom. The molecular formula is C15H13NO4. The first-order valence-corrected chi connectivity index (χ1v) is 6.23. The highest BCUT2D eigenvalue weighted by Crippen LogP contribution is 2.41. The molecule has 2 unspecified atom stereocenters. The molecule has 1 aliphatic heterocycles. The first kappa shape index (κ1) is 12.5. The maximum atomic E-state index is 12.4. The number of hydrogen-bond acceptors (Lipinski definition) is 3. The maximum Gasteiger partial charge on any atom is 0.313 e. The van der Waals surface area contributed by atoms with Gasteiger partial charge >= 0.3 is 5.97 Å². The van der Waals surface area contributed by atoms with E-state index >= 15 is 0 Å². The third-order valence-electron chi connectivity index (χ3n) is 3.68. The fourth-order valence-corrected chi connectivity index (χ4v) is 2.76. The number of carbonyl (C=O) groups excluding carboxylic acids is 1. The Balaban J connectivity index is 2.21. The molecule has 2 heterocycles. The molecule has 20 heavy (non-hydrogen) atoms. The molecule has 1 aliphatic rings. The number of likely N-dealkylation sites (N-methyl/N-ethyl adjacent to an activating group) is 1. The van der Waals surface area contributed by atoms with E-state index < -0.39 is 17.9 Å². The van der Waals surface area contributed by atoms with Crippen LogP contribution in [-0.2, 0) is 4.79 Å². The minimum Gasteiger partial charge on any atom is -0.481 e. The number of carboxylic acids is 1. The second kappa shape index (κ2) is 4.52. The minimum absolute atomic E-state index is 0.195. The molecule has 102 valence electrons. The molecule has 1 aromatic carbocycles. The maximum absolute atomic E-state index is 12.4. The third-order valence-corrected chi connectivity index (χ3v) is 3.68. The summed E-state index contributed by atoms with van der Waals surface area (Å²) in [6.07, 6.45) is 1.48. The van der Waals surface area contributed by atoms with E-state index in [4.69, 9.17) is 4.42 Å². The van der Waals surface area contributed by atoms with Crippen molar-refractivity contribution >= 4 is 11.9 Å². The Bertz CT molecular complexity index is 662. The zero-order valence-corrected chi connectivity index (χ0v) is 10.8. The van der Waals surface area contributed by atoms with Crippen molar-refractivity contribution in [2.45, 2.75) is 12.0 Å². The number of fused-ring (bicyclic) bond motifs is 1. The summed E-state index contributed by atoms with van der Waals surface area (Å²) in [5.41, 5.74) is 0.967. The van der Waals surface area contributed by atoms with E-state index in [0.29, 0.717) is 16.9 Å². The first-order chi connectivity index (χ1) is 9.61. The second-order valence-corrected chi connectivity index (χ2v) is 4.78. The summed E-state index contributed by atoms with van der Waals surface area (Å²) in [6, 6.07) is 9.57. The van der Waals surface area contributed by atoms with Gasteiger partial charge in [0, 0.05) is 12.6 Å². The van der Waals surface area contributed by atoms with E-state index in [1.54, 1.807) is 43.4 Å².